The number of nitro groups is 1. The molecule has 0 N–H and O–H groups in total. The van der Waals surface area contributed by atoms with Gasteiger partial charge in [-0.2, -0.15) is 5.26 Å². The predicted octanol–water partition coefficient (Wildman–Crippen LogP) is 2.65. The summed E-state index contributed by atoms with van der Waals surface area (Å²) in [4.78, 5) is 21.5. The number of hydrogen-bond donors (Lipinski definition) is 0. The number of nitriles is 1. The molecule has 0 saturated heterocycles. The van der Waals surface area contributed by atoms with E-state index in [1.165, 1.54) is 12.1 Å². The van der Waals surface area contributed by atoms with Gasteiger partial charge in [0.05, 0.1) is 10.3 Å². The van der Waals surface area contributed by atoms with Crippen LogP contribution < -0.4 is 0 Å². The van der Waals surface area contributed by atoms with Gasteiger partial charge in [0, 0.05) is 15.2 Å². The molecule has 1 aromatic rings. The average Bonchev–Trinajstić information content (AvgIpc) is 2.27. The van der Waals surface area contributed by atoms with Crippen molar-refractivity contribution in [2.45, 2.75) is 0 Å². The molecular formula is C9H4BrIN2O3. The Kier molecular flexibility index (Phi) is 4.37. The number of carbonyl (C=O) groups is 1. The fourth-order valence-corrected chi connectivity index (χ4v) is 2.14. The predicted molar refractivity (Wildman–Crippen MR) is 68.7 cm³/mol. The Bertz CT molecular complexity index is 510. The first-order valence-electron chi connectivity index (χ1n) is 3.98. The first-order chi connectivity index (χ1) is 7.51. The van der Waals surface area contributed by atoms with Crippen molar-refractivity contribution < 1.29 is 9.72 Å². The topological polar surface area (TPSA) is 84.0 Å². The van der Waals surface area contributed by atoms with Crippen LogP contribution in [-0.4, -0.2) is 16.0 Å². The summed E-state index contributed by atoms with van der Waals surface area (Å²) < 4.78 is 0.466. The summed E-state index contributed by atoms with van der Waals surface area (Å²) in [5.41, 5.74) is -0.0626. The minimum absolute atomic E-state index is 0.102. The van der Waals surface area contributed by atoms with Gasteiger partial charge in [0.1, 0.15) is 11.6 Å². The number of ketones is 1. The van der Waals surface area contributed by atoms with Crippen molar-refractivity contribution in [3.05, 3.63) is 36.9 Å². The first-order valence-corrected chi connectivity index (χ1v) is 6.18. The number of nitro benzene ring substituents is 1. The summed E-state index contributed by atoms with van der Waals surface area (Å²) in [5, 5.41) is 19.5. The van der Waals surface area contributed by atoms with Crippen LogP contribution >= 0.6 is 38.5 Å². The van der Waals surface area contributed by atoms with Crippen molar-refractivity contribution in [1.82, 2.24) is 0 Å². The van der Waals surface area contributed by atoms with Gasteiger partial charge >= 0.3 is 0 Å². The van der Waals surface area contributed by atoms with Crippen LogP contribution in [0.3, 0.4) is 0 Å². The number of carbonyl (C=O) groups excluding carboxylic acids is 1. The highest BCUT2D eigenvalue weighted by atomic mass is 127. The molecule has 0 bridgehead atoms. The average molecular weight is 395 g/mol. The number of rotatable bonds is 3. The quantitative estimate of drug-likeness (QED) is 0.259. The van der Waals surface area contributed by atoms with Crippen molar-refractivity contribution >= 4 is 50.0 Å². The Morgan fingerprint density at radius 1 is 1.62 bits per heavy atom. The van der Waals surface area contributed by atoms with Gasteiger partial charge < -0.3 is 0 Å². The molecule has 0 atom stereocenters. The van der Waals surface area contributed by atoms with Gasteiger partial charge in [-0.1, -0.05) is 15.9 Å². The van der Waals surface area contributed by atoms with Gasteiger partial charge in [0.25, 0.3) is 5.69 Å². The van der Waals surface area contributed by atoms with E-state index in [9.17, 15) is 14.9 Å². The molecule has 0 radical (unpaired) electrons. The van der Waals surface area contributed by atoms with Crippen LogP contribution in [0.5, 0.6) is 0 Å². The van der Waals surface area contributed by atoms with Gasteiger partial charge in [0.15, 0.2) is 5.78 Å². The lowest BCUT2D eigenvalue weighted by atomic mass is 10.1. The molecule has 1 rings (SSSR count). The molecule has 7 heteroatoms. The van der Waals surface area contributed by atoms with E-state index in [2.05, 4.69) is 15.9 Å². The second kappa shape index (κ2) is 5.36. The molecule has 0 fully saturated rings. The van der Waals surface area contributed by atoms with E-state index in [0.29, 0.717) is 9.13 Å². The molecule has 0 aliphatic rings. The van der Waals surface area contributed by atoms with Crippen LogP contribution in [0.1, 0.15) is 15.9 Å². The van der Waals surface area contributed by atoms with Crippen molar-refractivity contribution in [1.29, 1.82) is 5.26 Å². The number of Topliss-reactive ketones (excluding diaryl/α,β-unsaturated/α-hetero) is 1. The Morgan fingerprint density at radius 2 is 2.25 bits per heavy atom. The molecule has 0 unspecified atom stereocenters. The Morgan fingerprint density at radius 3 is 2.69 bits per heavy atom. The summed E-state index contributed by atoms with van der Waals surface area (Å²) >= 11 is 4.85. The van der Waals surface area contributed by atoms with Gasteiger partial charge in [-0.3, -0.25) is 14.9 Å². The molecule has 16 heavy (non-hydrogen) atoms. The molecule has 5 nitrogen and oxygen atoms in total. The van der Waals surface area contributed by atoms with Crippen LogP contribution in [0.25, 0.3) is 0 Å². The fraction of sp³-hybridized carbons (Fsp3) is 0.111. The number of benzene rings is 1. The molecule has 0 aliphatic heterocycles. The minimum Gasteiger partial charge on any atom is -0.293 e. The van der Waals surface area contributed by atoms with E-state index in [4.69, 9.17) is 5.26 Å². The van der Waals surface area contributed by atoms with Crippen molar-refractivity contribution in [2.75, 3.05) is 5.33 Å². The largest absolute Gasteiger partial charge is 0.293 e. The monoisotopic (exact) mass is 394 g/mol. The highest BCUT2D eigenvalue weighted by Gasteiger charge is 2.19. The summed E-state index contributed by atoms with van der Waals surface area (Å²) in [6.07, 6.45) is 0. The van der Waals surface area contributed by atoms with Gasteiger partial charge in [-0.25, -0.2) is 0 Å². The number of halogens is 2. The van der Waals surface area contributed by atoms with Crippen LogP contribution in [0, 0.1) is 25.0 Å². The maximum absolute atomic E-state index is 11.5. The standard InChI is InChI=1S/C9H4BrIN2O3/c10-3-9(14)6-1-5(4-12)8(13(15)16)2-7(6)11/h1-2H,3H2. The Labute approximate surface area is 113 Å². The van der Waals surface area contributed by atoms with E-state index in [-0.39, 0.29) is 22.4 Å². The molecule has 82 valence electrons. The van der Waals surface area contributed by atoms with Crippen LogP contribution in [0.4, 0.5) is 5.69 Å². The third-order valence-corrected chi connectivity index (χ3v) is 3.23. The summed E-state index contributed by atoms with van der Waals surface area (Å²) in [6.45, 7) is 0. The normalized spacial score (nSPS) is 9.56. The zero-order chi connectivity index (χ0) is 12.3. The second-order valence-electron chi connectivity index (χ2n) is 2.77. The zero-order valence-electron chi connectivity index (χ0n) is 7.74. The summed E-state index contributed by atoms with van der Waals surface area (Å²) in [6, 6.07) is 4.20. The van der Waals surface area contributed by atoms with Gasteiger partial charge in [0.2, 0.25) is 0 Å². The summed E-state index contributed by atoms with van der Waals surface area (Å²) in [7, 11) is 0. The molecule has 0 aliphatic carbocycles. The molecule has 0 heterocycles. The van der Waals surface area contributed by atoms with E-state index in [0.717, 1.165) is 0 Å². The molecular weight excluding hydrogens is 391 g/mol. The molecule has 0 aromatic heterocycles. The third-order valence-electron chi connectivity index (χ3n) is 1.82. The SMILES string of the molecule is N#Cc1cc(C(=O)CBr)c(I)cc1[N+](=O)[O-]. The highest BCUT2D eigenvalue weighted by Crippen LogP contribution is 2.25. The lowest BCUT2D eigenvalue weighted by Crippen LogP contribution is -2.05. The highest BCUT2D eigenvalue weighted by molar-refractivity contribution is 14.1. The smallest absolute Gasteiger partial charge is 0.288 e. The second-order valence-corrected chi connectivity index (χ2v) is 4.50. The van der Waals surface area contributed by atoms with Crippen LogP contribution in [0.2, 0.25) is 0 Å². The Hall–Kier alpha value is -1.01. The third kappa shape index (κ3) is 2.56. The van der Waals surface area contributed by atoms with Gasteiger partial charge in [-0.05, 0) is 28.7 Å². The van der Waals surface area contributed by atoms with Gasteiger partial charge in [-0.15, -0.1) is 0 Å². The lowest BCUT2D eigenvalue weighted by molar-refractivity contribution is -0.385. The van der Waals surface area contributed by atoms with Crippen LogP contribution in [0.15, 0.2) is 12.1 Å². The lowest BCUT2D eigenvalue weighted by Gasteiger charge is -2.02. The van der Waals surface area contributed by atoms with E-state index in [1.54, 1.807) is 6.07 Å². The minimum atomic E-state index is -0.636. The van der Waals surface area contributed by atoms with E-state index >= 15 is 0 Å². The number of hydrogen-bond acceptors (Lipinski definition) is 4. The molecule has 0 spiro atoms. The molecule has 1 aromatic carbocycles. The maximum Gasteiger partial charge on any atom is 0.288 e. The van der Waals surface area contributed by atoms with E-state index in [1.807, 2.05) is 22.6 Å². The van der Waals surface area contributed by atoms with Crippen molar-refractivity contribution in [3.63, 3.8) is 0 Å². The maximum atomic E-state index is 11.5. The zero-order valence-corrected chi connectivity index (χ0v) is 11.5. The molecule has 0 amide bonds. The molecule has 0 saturated carbocycles. The fourth-order valence-electron chi connectivity index (χ4n) is 1.09. The van der Waals surface area contributed by atoms with Crippen LogP contribution in [-0.2, 0) is 0 Å². The van der Waals surface area contributed by atoms with E-state index < -0.39 is 4.92 Å². The first kappa shape index (κ1) is 13.1. The van der Waals surface area contributed by atoms with Crippen molar-refractivity contribution in [2.24, 2.45) is 0 Å². The number of alkyl halides is 1. The Balaban J connectivity index is 3.44. The van der Waals surface area contributed by atoms with Crippen molar-refractivity contribution in [3.8, 4) is 6.07 Å². The summed E-state index contributed by atoms with van der Waals surface area (Å²) in [5.74, 6) is -0.212. The number of nitrogens with zero attached hydrogens (tertiary/aromatic N) is 2.